The molecule has 0 fully saturated rings. The Bertz CT molecular complexity index is 906. The number of ether oxygens (including phenoxy) is 1. The number of carbonyl (C=O) groups is 1. The number of benzene rings is 3. The van der Waals surface area contributed by atoms with Gasteiger partial charge in [0.25, 0.3) is 5.91 Å². The molecule has 0 aliphatic rings. The Kier molecular flexibility index (Phi) is 6.20. The fraction of sp³-hybridized carbons (Fsp3) is 0.0909. The zero-order valence-electron chi connectivity index (χ0n) is 15.1. The average Bonchev–Trinajstić information content (AvgIpc) is 2.70. The van der Waals surface area contributed by atoms with Crippen LogP contribution in [0.4, 0.5) is 11.4 Å². The molecule has 136 valence electrons. The number of para-hydroxylation sites is 2. The van der Waals surface area contributed by atoms with Gasteiger partial charge >= 0.3 is 0 Å². The van der Waals surface area contributed by atoms with E-state index in [1.165, 1.54) is 0 Å². The Morgan fingerprint density at radius 1 is 0.926 bits per heavy atom. The van der Waals surface area contributed by atoms with Crippen LogP contribution in [0.2, 0.25) is 0 Å². The minimum absolute atomic E-state index is 0.0785. The Balaban J connectivity index is 1.57. The van der Waals surface area contributed by atoms with Crippen molar-refractivity contribution in [1.82, 2.24) is 0 Å². The normalized spacial score (nSPS) is 10.6. The van der Waals surface area contributed by atoms with Gasteiger partial charge in [-0.1, -0.05) is 48.0 Å². The van der Waals surface area contributed by atoms with E-state index in [1.807, 2.05) is 85.8 Å². The van der Waals surface area contributed by atoms with Crippen molar-refractivity contribution in [3.63, 3.8) is 0 Å². The second-order valence-electron chi connectivity index (χ2n) is 5.98. The minimum atomic E-state index is -0.215. The van der Waals surface area contributed by atoms with Gasteiger partial charge in [-0.2, -0.15) is 5.10 Å². The highest BCUT2D eigenvalue weighted by Crippen LogP contribution is 2.16. The van der Waals surface area contributed by atoms with Crippen molar-refractivity contribution in [3.8, 4) is 5.75 Å². The molecule has 0 atom stereocenters. The first kappa shape index (κ1) is 18.2. The summed E-state index contributed by atoms with van der Waals surface area (Å²) in [4.78, 5) is 12.1. The molecule has 0 aliphatic heterocycles. The van der Waals surface area contributed by atoms with Crippen LogP contribution in [0.3, 0.4) is 0 Å². The molecule has 0 radical (unpaired) electrons. The Morgan fingerprint density at radius 2 is 1.63 bits per heavy atom. The number of nitrogens with zero attached hydrogens (tertiary/aromatic N) is 1. The van der Waals surface area contributed by atoms with E-state index in [0.29, 0.717) is 5.75 Å². The molecule has 0 spiro atoms. The van der Waals surface area contributed by atoms with Gasteiger partial charge in [0.15, 0.2) is 6.61 Å². The molecule has 3 aromatic carbocycles. The van der Waals surface area contributed by atoms with Crippen molar-refractivity contribution in [3.05, 3.63) is 90.0 Å². The summed E-state index contributed by atoms with van der Waals surface area (Å²) in [6.07, 6.45) is 1.67. The van der Waals surface area contributed by atoms with Crippen LogP contribution < -0.4 is 15.5 Å². The van der Waals surface area contributed by atoms with Crippen LogP contribution in [0, 0.1) is 6.92 Å². The van der Waals surface area contributed by atoms with Gasteiger partial charge in [0, 0.05) is 11.3 Å². The predicted molar refractivity (Wildman–Crippen MR) is 109 cm³/mol. The smallest absolute Gasteiger partial charge is 0.262 e. The maximum Gasteiger partial charge on any atom is 0.262 e. The first-order valence-electron chi connectivity index (χ1n) is 8.63. The lowest BCUT2D eigenvalue weighted by Gasteiger charge is -2.10. The van der Waals surface area contributed by atoms with Crippen LogP contribution >= 0.6 is 0 Å². The monoisotopic (exact) mass is 359 g/mol. The van der Waals surface area contributed by atoms with Crippen LogP contribution in [0.5, 0.6) is 5.75 Å². The SMILES string of the molecule is Cc1ccc(NC(=O)COc2ccccc2C=NNc2ccccc2)cc1. The van der Waals surface area contributed by atoms with E-state index in [0.717, 1.165) is 22.5 Å². The standard InChI is InChI=1S/C22H21N3O2/c1-17-11-13-19(14-12-17)24-22(26)16-27-21-10-6-5-7-18(21)15-23-25-20-8-3-2-4-9-20/h2-15,25H,16H2,1H3,(H,24,26). The maximum atomic E-state index is 12.1. The summed E-state index contributed by atoms with van der Waals surface area (Å²) in [6, 6.07) is 24.7. The highest BCUT2D eigenvalue weighted by Gasteiger charge is 2.06. The molecule has 5 nitrogen and oxygen atoms in total. The first-order valence-corrected chi connectivity index (χ1v) is 8.63. The van der Waals surface area contributed by atoms with Crippen molar-refractivity contribution in [2.75, 3.05) is 17.3 Å². The molecule has 0 bridgehead atoms. The molecule has 0 heterocycles. The summed E-state index contributed by atoms with van der Waals surface area (Å²) < 4.78 is 5.67. The number of amides is 1. The fourth-order valence-electron chi connectivity index (χ4n) is 2.38. The van der Waals surface area contributed by atoms with Gasteiger partial charge < -0.3 is 10.1 Å². The Labute approximate surface area is 158 Å². The summed E-state index contributed by atoms with van der Waals surface area (Å²) in [7, 11) is 0. The van der Waals surface area contributed by atoms with Gasteiger partial charge in [-0.25, -0.2) is 0 Å². The lowest BCUT2D eigenvalue weighted by atomic mass is 10.2. The van der Waals surface area contributed by atoms with Crippen LogP contribution in [-0.4, -0.2) is 18.7 Å². The van der Waals surface area contributed by atoms with Crippen molar-refractivity contribution in [2.24, 2.45) is 5.10 Å². The number of nitrogens with one attached hydrogen (secondary N) is 2. The molecule has 0 aromatic heterocycles. The van der Waals surface area contributed by atoms with E-state index >= 15 is 0 Å². The molecule has 3 aromatic rings. The van der Waals surface area contributed by atoms with E-state index in [1.54, 1.807) is 6.21 Å². The Morgan fingerprint density at radius 3 is 2.41 bits per heavy atom. The van der Waals surface area contributed by atoms with Crippen molar-refractivity contribution < 1.29 is 9.53 Å². The number of hydrazone groups is 1. The number of anilines is 2. The number of aryl methyl sites for hydroxylation is 1. The molecule has 0 aliphatic carbocycles. The van der Waals surface area contributed by atoms with Crippen LogP contribution in [0.25, 0.3) is 0 Å². The van der Waals surface area contributed by atoms with Gasteiger partial charge in [0.05, 0.1) is 11.9 Å². The number of hydrogen-bond acceptors (Lipinski definition) is 4. The highest BCUT2D eigenvalue weighted by atomic mass is 16.5. The van der Waals surface area contributed by atoms with Crippen molar-refractivity contribution >= 4 is 23.5 Å². The van der Waals surface area contributed by atoms with Gasteiger partial charge in [-0.15, -0.1) is 0 Å². The lowest BCUT2D eigenvalue weighted by molar-refractivity contribution is -0.118. The van der Waals surface area contributed by atoms with Crippen molar-refractivity contribution in [2.45, 2.75) is 6.92 Å². The summed E-state index contributed by atoms with van der Waals surface area (Å²) in [5.41, 5.74) is 6.52. The number of rotatable bonds is 7. The second kappa shape index (κ2) is 9.20. The van der Waals surface area contributed by atoms with Gasteiger partial charge in [-0.3, -0.25) is 10.2 Å². The van der Waals surface area contributed by atoms with E-state index in [9.17, 15) is 4.79 Å². The number of hydrogen-bond donors (Lipinski definition) is 2. The fourth-order valence-corrected chi connectivity index (χ4v) is 2.38. The average molecular weight is 359 g/mol. The third-order valence-electron chi connectivity index (χ3n) is 3.78. The summed E-state index contributed by atoms with van der Waals surface area (Å²) in [5.74, 6) is 0.378. The third-order valence-corrected chi connectivity index (χ3v) is 3.78. The van der Waals surface area contributed by atoms with Crippen LogP contribution in [0.15, 0.2) is 84.0 Å². The lowest BCUT2D eigenvalue weighted by Crippen LogP contribution is -2.20. The minimum Gasteiger partial charge on any atom is -0.483 e. The Hall–Kier alpha value is -3.60. The van der Waals surface area contributed by atoms with E-state index in [2.05, 4.69) is 15.8 Å². The summed E-state index contributed by atoms with van der Waals surface area (Å²) >= 11 is 0. The van der Waals surface area contributed by atoms with Gasteiger partial charge in [0.1, 0.15) is 5.75 Å². The topological polar surface area (TPSA) is 62.7 Å². The predicted octanol–water partition coefficient (Wildman–Crippen LogP) is 4.46. The molecule has 5 heteroatoms. The second-order valence-corrected chi connectivity index (χ2v) is 5.98. The molecule has 0 saturated carbocycles. The molecule has 0 saturated heterocycles. The molecule has 3 rings (SSSR count). The zero-order chi connectivity index (χ0) is 18.9. The molecule has 0 unspecified atom stereocenters. The maximum absolute atomic E-state index is 12.1. The molecule has 27 heavy (non-hydrogen) atoms. The van der Waals surface area contributed by atoms with E-state index < -0.39 is 0 Å². The highest BCUT2D eigenvalue weighted by molar-refractivity contribution is 5.92. The van der Waals surface area contributed by atoms with Crippen LogP contribution in [0.1, 0.15) is 11.1 Å². The quantitative estimate of drug-likeness (QED) is 0.484. The molecular formula is C22H21N3O2. The van der Waals surface area contributed by atoms with E-state index in [-0.39, 0.29) is 12.5 Å². The summed E-state index contributed by atoms with van der Waals surface area (Å²) in [6.45, 7) is 1.92. The summed E-state index contributed by atoms with van der Waals surface area (Å²) in [5, 5.41) is 7.03. The molecule has 2 N–H and O–H groups in total. The van der Waals surface area contributed by atoms with E-state index in [4.69, 9.17) is 4.74 Å². The zero-order valence-corrected chi connectivity index (χ0v) is 15.1. The largest absolute Gasteiger partial charge is 0.483 e. The number of carbonyl (C=O) groups excluding carboxylic acids is 1. The third kappa shape index (κ3) is 5.71. The van der Waals surface area contributed by atoms with Crippen LogP contribution in [-0.2, 0) is 4.79 Å². The van der Waals surface area contributed by atoms with Gasteiger partial charge in [0.2, 0.25) is 0 Å². The molecular weight excluding hydrogens is 338 g/mol. The van der Waals surface area contributed by atoms with Gasteiger partial charge in [-0.05, 0) is 43.3 Å². The molecule has 1 amide bonds. The van der Waals surface area contributed by atoms with Crippen molar-refractivity contribution in [1.29, 1.82) is 0 Å². The first-order chi connectivity index (χ1) is 13.2.